The minimum atomic E-state index is -0.400. The van der Waals surface area contributed by atoms with Crippen molar-refractivity contribution in [3.8, 4) is 5.75 Å². The molecule has 130 valence electrons. The monoisotopic (exact) mass is 339 g/mol. The summed E-state index contributed by atoms with van der Waals surface area (Å²) < 4.78 is 5.31. The van der Waals surface area contributed by atoms with Gasteiger partial charge in [0.15, 0.2) is 0 Å². The van der Waals surface area contributed by atoms with Gasteiger partial charge in [0.25, 0.3) is 11.8 Å². The molecule has 0 aliphatic carbocycles. The van der Waals surface area contributed by atoms with Crippen molar-refractivity contribution in [1.82, 2.24) is 10.7 Å². The van der Waals surface area contributed by atoms with Gasteiger partial charge in [-0.25, -0.2) is 5.43 Å². The van der Waals surface area contributed by atoms with Gasteiger partial charge in [-0.15, -0.1) is 0 Å². The first-order valence-electron chi connectivity index (χ1n) is 7.98. The van der Waals surface area contributed by atoms with Gasteiger partial charge in [0.2, 0.25) is 0 Å². The van der Waals surface area contributed by atoms with E-state index in [0.29, 0.717) is 17.9 Å². The number of carbonyl (C=O) groups excluding carboxylic acids is 2. The first-order valence-corrected chi connectivity index (χ1v) is 7.98. The van der Waals surface area contributed by atoms with Crippen LogP contribution < -0.4 is 15.5 Å². The predicted octanol–water partition coefficient (Wildman–Crippen LogP) is 2.27. The third kappa shape index (κ3) is 6.10. The van der Waals surface area contributed by atoms with Gasteiger partial charge in [-0.05, 0) is 43.7 Å². The number of rotatable bonds is 7. The zero-order valence-corrected chi connectivity index (χ0v) is 14.3. The zero-order valence-electron chi connectivity index (χ0n) is 14.3. The molecule has 0 aliphatic rings. The lowest BCUT2D eigenvalue weighted by molar-refractivity contribution is -0.120. The fourth-order valence-electron chi connectivity index (χ4n) is 2.00. The molecule has 0 saturated heterocycles. The standard InChI is InChI=1S/C19H21N3O3/c1-3-25-17-10-8-16(9-11-17)19(24)20-13-18(23)22-21-12-15-6-4-14(2)5-7-15/h4-12H,3,13H2,1-2H3,(H,20,24)(H,22,23)/b21-12-. The lowest BCUT2D eigenvalue weighted by Gasteiger charge is -2.06. The van der Waals surface area contributed by atoms with Crippen molar-refractivity contribution < 1.29 is 14.3 Å². The average molecular weight is 339 g/mol. The van der Waals surface area contributed by atoms with Gasteiger partial charge in [-0.3, -0.25) is 9.59 Å². The molecule has 0 heterocycles. The lowest BCUT2D eigenvalue weighted by atomic mass is 10.2. The van der Waals surface area contributed by atoms with Crippen LogP contribution in [0.2, 0.25) is 0 Å². The first kappa shape index (κ1) is 18.2. The van der Waals surface area contributed by atoms with Crippen LogP contribution in [0.1, 0.15) is 28.4 Å². The number of hydrogen-bond acceptors (Lipinski definition) is 4. The highest BCUT2D eigenvalue weighted by Gasteiger charge is 2.07. The van der Waals surface area contributed by atoms with E-state index in [1.807, 2.05) is 38.1 Å². The Labute approximate surface area is 146 Å². The molecule has 0 bridgehead atoms. The molecule has 2 amide bonds. The van der Waals surface area contributed by atoms with Crippen LogP contribution in [0.25, 0.3) is 0 Å². The molecule has 6 nitrogen and oxygen atoms in total. The smallest absolute Gasteiger partial charge is 0.259 e. The summed E-state index contributed by atoms with van der Waals surface area (Å²) in [6.45, 7) is 4.29. The molecular formula is C19H21N3O3. The fraction of sp³-hybridized carbons (Fsp3) is 0.211. The van der Waals surface area contributed by atoms with Crippen LogP contribution in [0.4, 0.5) is 0 Å². The van der Waals surface area contributed by atoms with E-state index in [-0.39, 0.29) is 12.5 Å². The molecule has 0 radical (unpaired) electrons. The number of aryl methyl sites for hydroxylation is 1. The summed E-state index contributed by atoms with van der Waals surface area (Å²) in [6.07, 6.45) is 1.55. The van der Waals surface area contributed by atoms with Crippen molar-refractivity contribution in [3.05, 3.63) is 65.2 Å². The second-order valence-corrected chi connectivity index (χ2v) is 5.34. The largest absolute Gasteiger partial charge is 0.494 e. The van der Waals surface area contributed by atoms with Crippen LogP contribution in [-0.4, -0.2) is 31.2 Å². The Kier molecular flexibility index (Phi) is 6.71. The molecule has 0 aliphatic heterocycles. The molecule has 0 saturated carbocycles. The Balaban J connectivity index is 1.77. The topological polar surface area (TPSA) is 79.8 Å². The minimum absolute atomic E-state index is 0.155. The Morgan fingerprint density at radius 2 is 1.76 bits per heavy atom. The quantitative estimate of drug-likeness (QED) is 0.600. The van der Waals surface area contributed by atoms with Crippen molar-refractivity contribution in [2.24, 2.45) is 5.10 Å². The maximum atomic E-state index is 12.0. The van der Waals surface area contributed by atoms with E-state index in [0.717, 1.165) is 11.1 Å². The predicted molar refractivity (Wildman–Crippen MR) is 96.9 cm³/mol. The lowest BCUT2D eigenvalue weighted by Crippen LogP contribution is -2.34. The molecule has 25 heavy (non-hydrogen) atoms. The third-order valence-electron chi connectivity index (χ3n) is 3.32. The van der Waals surface area contributed by atoms with E-state index in [1.165, 1.54) is 0 Å². The zero-order chi connectivity index (χ0) is 18.1. The number of nitrogens with one attached hydrogen (secondary N) is 2. The molecule has 6 heteroatoms. The number of hydrazone groups is 1. The number of ether oxygens (including phenoxy) is 1. The van der Waals surface area contributed by atoms with Gasteiger partial charge in [0.1, 0.15) is 5.75 Å². The number of hydrogen-bond donors (Lipinski definition) is 2. The van der Waals surface area contributed by atoms with Gasteiger partial charge in [-0.1, -0.05) is 29.8 Å². The molecule has 0 fully saturated rings. The van der Waals surface area contributed by atoms with Crippen LogP contribution in [0, 0.1) is 6.92 Å². The molecule has 0 atom stereocenters. The van der Waals surface area contributed by atoms with Crippen LogP contribution >= 0.6 is 0 Å². The molecule has 0 aromatic heterocycles. The maximum absolute atomic E-state index is 12.0. The molecule has 2 N–H and O–H groups in total. The second-order valence-electron chi connectivity index (χ2n) is 5.34. The van der Waals surface area contributed by atoms with Gasteiger partial charge < -0.3 is 10.1 Å². The third-order valence-corrected chi connectivity index (χ3v) is 3.32. The van der Waals surface area contributed by atoms with Crippen molar-refractivity contribution in [2.45, 2.75) is 13.8 Å². The van der Waals surface area contributed by atoms with Gasteiger partial charge in [-0.2, -0.15) is 5.10 Å². The van der Waals surface area contributed by atoms with Crippen molar-refractivity contribution in [3.63, 3.8) is 0 Å². The number of benzene rings is 2. The highest BCUT2D eigenvalue weighted by atomic mass is 16.5. The Morgan fingerprint density at radius 3 is 2.40 bits per heavy atom. The van der Waals surface area contributed by atoms with Crippen LogP contribution in [0.15, 0.2) is 53.6 Å². The summed E-state index contributed by atoms with van der Waals surface area (Å²) in [7, 11) is 0. The minimum Gasteiger partial charge on any atom is -0.494 e. The fourth-order valence-corrected chi connectivity index (χ4v) is 2.00. The van der Waals surface area contributed by atoms with E-state index in [4.69, 9.17) is 4.74 Å². The Morgan fingerprint density at radius 1 is 1.08 bits per heavy atom. The average Bonchev–Trinajstić information content (AvgIpc) is 2.62. The van der Waals surface area contributed by atoms with Crippen LogP contribution in [0.3, 0.4) is 0 Å². The summed E-state index contributed by atoms with van der Waals surface area (Å²) >= 11 is 0. The van der Waals surface area contributed by atoms with E-state index >= 15 is 0 Å². The van der Waals surface area contributed by atoms with E-state index < -0.39 is 5.91 Å². The molecule has 2 rings (SSSR count). The number of amides is 2. The van der Waals surface area contributed by atoms with Crippen molar-refractivity contribution in [1.29, 1.82) is 0 Å². The second kappa shape index (κ2) is 9.22. The molecule has 2 aromatic carbocycles. The van der Waals surface area contributed by atoms with Gasteiger partial charge >= 0.3 is 0 Å². The number of nitrogens with zero attached hydrogens (tertiary/aromatic N) is 1. The van der Waals surface area contributed by atoms with Crippen LogP contribution in [-0.2, 0) is 4.79 Å². The summed E-state index contributed by atoms with van der Waals surface area (Å²) in [4.78, 5) is 23.7. The highest BCUT2D eigenvalue weighted by molar-refractivity contribution is 5.96. The van der Waals surface area contributed by atoms with Crippen molar-refractivity contribution in [2.75, 3.05) is 13.2 Å². The van der Waals surface area contributed by atoms with Crippen LogP contribution in [0.5, 0.6) is 5.75 Å². The summed E-state index contributed by atoms with van der Waals surface area (Å²) in [5.74, 6) is -0.0365. The highest BCUT2D eigenvalue weighted by Crippen LogP contribution is 2.11. The van der Waals surface area contributed by atoms with Crippen molar-refractivity contribution >= 4 is 18.0 Å². The first-order chi connectivity index (χ1) is 12.1. The molecule has 0 spiro atoms. The normalized spacial score (nSPS) is 10.5. The summed E-state index contributed by atoms with van der Waals surface area (Å²) in [5.41, 5.74) is 4.86. The van der Waals surface area contributed by atoms with Gasteiger partial charge in [0.05, 0.1) is 19.4 Å². The van der Waals surface area contributed by atoms with E-state index in [1.54, 1.807) is 30.5 Å². The van der Waals surface area contributed by atoms with E-state index in [2.05, 4.69) is 15.8 Å². The summed E-state index contributed by atoms with van der Waals surface area (Å²) in [6, 6.07) is 14.4. The Hall–Kier alpha value is -3.15. The van der Waals surface area contributed by atoms with E-state index in [9.17, 15) is 9.59 Å². The molecule has 2 aromatic rings. The molecule has 0 unspecified atom stereocenters. The summed E-state index contributed by atoms with van der Waals surface area (Å²) in [5, 5.41) is 6.40. The number of carbonyl (C=O) groups is 2. The SMILES string of the molecule is CCOc1ccc(C(=O)NCC(=O)N/N=C\c2ccc(C)cc2)cc1. The van der Waals surface area contributed by atoms with Gasteiger partial charge in [0, 0.05) is 5.56 Å². The molecular weight excluding hydrogens is 318 g/mol. The maximum Gasteiger partial charge on any atom is 0.259 e. The Bertz CT molecular complexity index is 738.